The van der Waals surface area contributed by atoms with Crippen LogP contribution in [0.5, 0.6) is 0 Å². The number of nitrogens with one attached hydrogen (secondary N) is 2. The van der Waals surface area contributed by atoms with Gasteiger partial charge in [0.15, 0.2) is 0 Å². The van der Waals surface area contributed by atoms with E-state index in [2.05, 4.69) is 34.3 Å². The van der Waals surface area contributed by atoms with Gasteiger partial charge in [-0.25, -0.2) is 0 Å². The second-order valence-corrected chi connectivity index (χ2v) is 5.62. The maximum Gasteiger partial charge on any atom is 0.0594 e. The molecule has 0 saturated carbocycles. The molecule has 1 fully saturated rings. The molecule has 146 valence electrons. The van der Waals surface area contributed by atoms with Crippen molar-refractivity contribution in [2.45, 2.75) is 27.7 Å². The Bertz CT molecular complexity index is 213. The lowest BCUT2D eigenvalue weighted by Gasteiger charge is -2.34. The van der Waals surface area contributed by atoms with E-state index in [1.54, 1.807) is 0 Å². The molecule has 0 atom stereocenters. The van der Waals surface area contributed by atoms with Crippen LogP contribution in [0.15, 0.2) is 0 Å². The molecular formula is C18H42N4O2. The van der Waals surface area contributed by atoms with Crippen LogP contribution in [-0.2, 0) is 9.47 Å². The first-order valence-corrected chi connectivity index (χ1v) is 9.88. The van der Waals surface area contributed by atoms with Crippen molar-refractivity contribution >= 4 is 0 Å². The van der Waals surface area contributed by atoms with Crippen LogP contribution in [0.1, 0.15) is 27.7 Å². The fraction of sp³-hybridized carbons (Fsp3) is 1.00. The standard InChI is InChI=1S/C16H36N4O2.C2H6/c1-3-17-5-13-21-15-11-19-7-9-20(10-8-19)12-16-22-14-6-18-4-2;1-2/h17-18H,3-16H2,1-2H3;1-2H3. The van der Waals surface area contributed by atoms with E-state index in [1.807, 2.05) is 13.8 Å². The summed E-state index contributed by atoms with van der Waals surface area (Å²) in [7, 11) is 0. The number of nitrogens with zero attached hydrogens (tertiary/aromatic N) is 2. The Morgan fingerprint density at radius 2 is 1.04 bits per heavy atom. The number of piperazine rings is 1. The summed E-state index contributed by atoms with van der Waals surface area (Å²) >= 11 is 0. The summed E-state index contributed by atoms with van der Waals surface area (Å²) in [5, 5.41) is 6.53. The highest BCUT2D eigenvalue weighted by Crippen LogP contribution is 2.01. The predicted molar refractivity (Wildman–Crippen MR) is 103 cm³/mol. The number of hydrogen-bond donors (Lipinski definition) is 2. The van der Waals surface area contributed by atoms with Gasteiger partial charge in [0.1, 0.15) is 0 Å². The first-order chi connectivity index (χ1) is 11.9. The molecule has 0 aromatic rings. The third-order valence-corrected chi connectivity index (χ3v) is 3.91. The van der Waals surface area contributed by atoms with Crippen LogP contribution in [0.2, 0.25) is 0 Å². The number of hydrogen-bond acceptors (Lipinski definition) is 6. The summed E-state index contributed by atoms with van der Waals surface area (Å²) in [5.74, 6) is 0. The van der Waals surface area contributed by atoms with Crippen LogP contribution >= 0.6 is 0 Å². The van der Waals surface area contributed by atoms with Gasteiger partial charge in [0.2, 0.25) is 0 Å². The van der Waals surface area contributed by atoms with E-state index in [4.69, 9.17) is 9.47 Å². The zero-order valence-electron chi connectivity index (χ0n) is 16.6. The third-order valence-electron chi connectivity index (χ3n) is 3.91. The Morgan fingerprint density at radius 3 is 1.38 bits per heavy atom. The molecule has 6 heteroatoms. The lowest BCUT2D eigenvalue weighted by Crippen LogP contribution is -2.48. The zero-order valence-corrected chi connectivity index (χ0v) is 16.6. The summed E-state index contributed by atoms with van der Waals surface area (Å²) in [5.41, 5.74) is 0. The van der Waals surface area contributed by atoms with Crippen LogP contribution in [0, 0.1) is 0 Å². The molecule has 2 N–H and O–H groups in total. The van der Waals surface area contributed by atoms with Crippen LogP contribution in [-0.4, -0.2) is 102 Å². The normalized spacial score (nSPS) is 16.0. The third kappa shape index (κ3) is 14.1. The molecule has 0 aromatic heterocycles. The van der Waals surface area contributed by atoms with Crippen LogP contribution in [0.4, 0.5) is 0 Å². The van der Waals surface area contributed by atoms with Gasteiger partial charge in [0.25, 0.3) is 0 Å². The van der Waals surface area contributed by atoms with Gasteiger partial charge in [0.05, 0.1) is 26.4 Å². The first kappa shape index (κ1) is 23.8. The molecule has 1 aliphatic heterocycles. The molecule has 0 unspecified atom stereocenters. The SMILES string of the molecule is CC.CCNCCOCCN1CCN(CCOCCNCC)CC1. The molecular weight excluding hydrogens is 304 g/mol. The van der Waals surface area contributed by atoms with Crippen molar-refractivity contribution < 1.29 is 9.47 Å². The topological polar surface area (TPSA) is 49.0 Å². The molecule has 0 bridgehead atoms. The second kappa shape index (κ2) is 19.1. The fourth-order valence-corrected chi connectivity index (χ4v) is 2.47. The van der Waals surface area contributed by atoms with Gasteiger partial charge in [0, 0.05) is 52.4 Å². The lowest BCUT2D eigenvalue weighted by molar-refractivity contribution is 0.0580. The summed E-state index contributed by atoms with van der Waals surface area (Å²) < 4.78 is 11.3. The van der Waals surface area contributed by atoms with E-state index in [0.29, 0.717) is 0 Å². The molecule has 0 amide bonds. The van der Waals surface area contributed by atoms with Gasteiger partial charge in [-0.3, -0.25) is 9.80 Å². The number of likely N-dealkylation sites (N-methyl/N-ethyl adjacent to an activating group) is 2. The Kier molecular flexibility index (Phi) is 18.9. The van der Waals surface area contributed by atoms with Crippen molar-refractivity contribution in [2.24, 2.45) is 0 Å². The molecule has 0 radical (unpaired) electrons. The average Bonchev–Trinajstić information content (AvgIpc) is 2.64. The Labute approximate surface area is 150 Å². The maximum atomic E-state index is 5.63. The van der Waals surface area contributed by atoms with E-state index in [0.717, 1.165) is 91.9 Å². The quantitative estimate of drug-likeness (QED) is 0.456. The maximum absolute atomic E-state index is 5.63. The Morgan fingerprint density at radius 1 is 0.667 bits per heavy atom. The molecule has 1 aliphatic rings. The van der Waals surface area contributed by atoms with E-state index in [1.165, 1.54) is 0 Å². The molecule has 1 rings (SSSR count). The minimum atomic E-state index is 0.817. The van der Waals surface area contributed by atoms with E-state index >= 15 is 0 Å². The summed E-state index contributed by atoms with van der Waals surface area (Å²) in [6.07, 6.45) is 0. The van der Waals surface area contributed by atoms with Crippen LogP contribution < -0.4 is 10.6 Å². The van der Waals surface area contributed by atoms with Crippen molar-refractivity contribution in [3.63, 3.8) is 0 Å². The summed E-state index contributed by atoms with van der Waals surface area (Å²) in [6, 6.07) is 0. The lowest BCUT2D eigenvalue weighted by atomic mass is 10.3. The number of rotatable bonds is 14. The molecule has 0 spiro atoms. The van der Waals surface area contributed by atoms with Crippen molar-refractivity contribution in [3.8, 4) is 0 Å². The van der Waals surface area contributed by atoms with E-state index in [9.17, 15) is 0 Å². The summed E-state index contributed by atoms with van der Waals surface area (Å²) in [6.45, 7) is 22.2. The van der Waals surface area contributed by atoms with Crippen molar-refractivity contribution in [1.29, 1.82) is 0 Å². The zero-order chi connectivity index (χ0) is 17.9. The van der Waals surface area contributed by atoms with Crippen LogP contribution in [0.25, 0.3) is 0 Å². The van der Waals surface area contributed by atoms with Crippen molar-refractivity contribution in [1.82, 2.24) is 20.4 Å². The Balaban J connectivity index is 0.00000254. The second-order valence-electron chi connectivity index (χ2n) is 5.62. The number of ether oxygens (including phenoxy) is 2. The van der Waals surface area contributed by atoms with E-state index in [-0.39, 0.29) is 0 Å². The molecule has 1 saturated heterocycles. The van der Waals surface area contributed by atoms with Gasteiger partial charge in [-0.1, -0.05) is 27.7 Å². The molecule has 24 heavy (non-hydrogen) atoms. The van der Waals surface area contributed by atoms with Crippen LogP contribution in [0.3, 0.4) is 0 Å². The van der Waals surface area contributed by atoms with Gasteiger partial charge in [-0.05, 0) is 13.1 Å². The highest BCUT2D eigenvalue weighted by Gasteiger charge is 2.15. The first-order valence-electron chi connectivity index (χ1n) is 9.88. The monoisotopic (exact) mass is 346 g/mol. The highest BCUT2D eigenvalue weighted by molar-refractivity contribution is 4.71. The van der Waals surface area contributed by atoms with Crippen molar-refractivity contribution in [2.75, 3.05) is 91.9 Å². The fourth-order valence-electron chi connectivity index (χ4n) is 2.47. The minimum absolute atomic E-state index is 0.817. The molecule has 0 aromatic carbocycles. The summed E-state index contributed by atoms with van der Waals surface area (Å²) in [4.78, 5) is 4.99. The highest BCUT2D eigenvalue weighted by atomic mass is 16.5. The largest absolute Gasteiger partial charge is 0.379 e. The molecule has 6 nitrogen and oxygen atoms in total. The molecule has 1 heterocycles. The predicted octanol–water partition coefficient (Wildman–Crippen LogP) is 0.882. The minimum Gasteiger partial charge on any atom is -0.379 e. The van der Waals surface area contributed by atoms with Gasteiger partial charge < -0.3 is 20.1 Å². The van der Waals surface area contributed by atoms with Gasteiger partial charge in [-0.15, -0.1) is 0 Å². The molecule has 0 aliphatic carbocycles. The van der Waals surface area contributed by atoms with Gasteiger partial charge >= 0.3 is 0 Å². The van der Waals surface area contributed by atoms with Gasteiger partial charge in [-0.2, -0.15) is 0 Å². The Hall–Kier alpha value is -0.240. The smallest absolute Gasteiger partial charge is 0.0594 e. The average molecular weight is 347 g/mol. The van der Waals surface area contributed by atoms with Crippen molar-refractivity contribution in [3.05, 3.63) is 0 Å². The van der Waals surface area contributed by atoms with E-state index < -0.39 is 0 Å².